The maximum absolute atomic E-state index is 13.0. The Balaban J connectivity index is 2.59. The molecule has 1 aromatic carbocycles. The van der Waals surface area contributed by atoms with Gasteiger partial charge in [0.1, 0.15) is 0 Å². The van der Waals surface area contributed by atoms with Gasteiger partial charge in [-0.15, -0.1) is 0 Å². The van der Waals surface area contributed by atoms with Gasteiger partial charge in [-0.1, -0.05) is 0 Å². The van der Waals surface area contributed by atoms with E-state index in [1.807, 2.05) is 0 Å². The van der Waals surface area contributed by atoms with Crippen LogP contribution in [0.2, 0.25) is 0 Å². The highest BCUT2D eigenvalue weighted by Crippen LogP contribution is 2.42. The van der Waals surface area contributed by atoms with Crippen LogP contribution in [0.5, 0.6) is 0 Å². The Kier molecular flexibility index (Phi) is 3.53. The summed E-state index contributed by atoms with van der Waals surface area (Å²) in [6.45, 7) is 1.24. The van der Waals surface area contributed by atoms with Crippen molar-refractivity contribution in [3.05, 3.63) is 27.7 Å². The lowest BCUT2D eigenvalue weighted by Gasteiger charge is -2.24. The Morgan fingerprint density at radius 3 is 2.33 bits per heavy atom. The molecule has 0 bridgehead atoms. The summed E-state index contributed by atoms with van der Waals surface area (Å²) in [5, 5.41) is 8.76. The van der Waals surface area contributed by atoms with Crippen LogP contribution in [-0.2, 0) is 6.18 Å². The minimum atomic E-state index is -4.45. The molecule has 0 saturated carbocycles. The first kappa shape index (κ1) is 13.2. The zero-order valence-corrected chi connectivity index (χ0v) is 11.0. The number of rotatable bonds is 1. The summed E-state index contributed by atoms with van der Waals surface area (Å²) in [6, 6.07) is 4.10. The lowest BCUT2D eigenvalue weighted by atomic mass is 10.1. The van der Waals surface area contributed by atoms with Crippen LogP contribution in [0.25, 0.3) is 0 Å². The van der Waals surface area contributed by atoms with E-state index in [4.69, 9.17) is 5.26 Å². The number of hydrogen-bond acceptors (Lipinski definition) is 2. The van der Waals surface area contributed by atoms with Gasteiger partial charge in [-0.2, -0.15) is 18.4 Å². The van der Waals surface area contributed by atoms with E-state index >= 15 is 0 Å². The quantitative estimate of drug-likeness (QED) is 0.784. The summed E-state index contributed by atoms with van der Waals surface area (Å²) in [4.78, 5) is 1.72. The standard InChI is InChI=1S/C12H10BrF3N2/c13-10-6-8(7-17)5-9(12(14,15)16)11(10)18-3-1-2-4-18/h5-6H,1-4H2. The smallest absolute Gasteiger partial charge is 0.370 e. The van der Waals surface area contributed by atoms with E-state index in [0.29, 0.717) is 17.6 Å². The minimum absolute atomic E-state index is 0.0112. The van der Waals surface area contributed by atoms with Crippen LogP contribution in [0.4, 0.5) is 18.9 Å². The van der Waals surface area contributed by atoms with E-state index < -0.39 is 11.7 Å². The van der Waals surface area contributed by atoms with Crippen LogP contribution in [0, 0.1) is 11.3 Å². The molecule has 1 aliphatic heterocycles. The zero-order valence-electron chi connectivity index (χ0n) is 9.39. The van der Waals surface area contributed by atoms with Gasteiger partial charge in [0.2, 0.25) is 0 Å². The van der Waals surface area contributed by atoms with E-state index in [0.717, 1.165) is 18.9 Å². The van der Waals surface area contributed by atoms with Gasteiger partial charge in [0.05, 0.1) is 22.9 Å². The molecule has 0 aromatic heterocycles. The molecule has 0 radical (unpaired) electrons. The van der Waals surface area contributed by atoms with E-state index in [1.165, 1.54) is 6.07 Å². The van der Waals surface area contributed by atoms with E-state index in [9.17, 15) is 13.2 Å². The van der Waals surface area contributed by atoms with Crippen molar-refractivity contribution >= 4 is 21.6 Å². The van der Waals surface area contributed by atoms with Crippen LogP contribution < -0.4 is 4.90 Å². The Hall–Kier alpha value is -1.22. The van der Waals surface area contributed by atoms with Crippen LogP contribution in [0.1, 0.15) is 24.0 Å². The summed E-state index contributed by atoms with van der Waals surface area (Å²) in [6.07, 6.45) is -2.67. The van der Waals surface area contributed by atoms with Crippen molar-refractivity contribution < 1.29 is 13.2 Å². The van der Waals surface area contributed by atoms with Gasteiger partial charge in [-0.25, -0.2) is 0 Å². The Morgan fingerprint density at radius 1 is 1.22 bits per heavy atom. The molecule has 0 aliphatic carbocycles. The van der Waals surface area contributed by atoms with Crippen molar-refractivity contribution in [2.45, 2.75) is 19.0 Å². The Bertz CT molecular complexity index is 499. The molecule has 0 amide bonds. The Morgan fingerprint density at radius 2 is 1.83 bits per heavy atom. The maximum atomic E-state index is 13.0. The van der Waals surface area contributed by atoms with E-state index in [1.54, 1.807) is 11.0 Å². The summed E-state index contributed by atoms with van der Waals surface area (Å²) in [5.74, 6) is 0. The van der Waals surface area contributed by atoms with Gasteiger partial charge >= 0.3 is 6.18 Å². The van der Waals surface area contributed by atoms with Gasteiger partial charge in [-0.05, 0) is 40.9 Å². The number of hydrogen-bond donors (Lipinski definition) is 0. The molecule has 18 heavy (non-hydrogen) atoms. The zero-order chi connectivity index (χ0) is 13.3. The summed E-state index contributed by atoms with van der Waals surface area (Å²) < 4.78 is 39.5. The highest BCUT2D eigenvalue weighted by atomic mass is 79.9. The van der Waals surface area contributed by atoms with Crippen LogP contribution >= 0.6 is 15.9 Å². The number of halogens is 4. The highest BCUT2D eigenvalue weighted by Gasteiger charge is 2.37. The normalized spacial score (nSPS) is 15.8. The highest BCUT2D eigenvalue weighted by molar-refractivity contribution is 9.10. The second-order valence-corrected chi connectivity index (χ2v) is 5.01. The molecular formula is C12H10BrF3N2. The van der Waals surface area contributed by atoms with Crippen molar-refractivity contribution in [1.82, 2.24) is 0 Å². The second-order valence-electron chi connectivity index (χ2n) is 4.16. The van der Waals surface area contributed by atoms with Gasteiger partial charge in [0, 0.05) is 17.6 Å². The predicted octanol–water partition coefficient (Wildman–Crippen LogP) is 3.94. The number of anilines is 1. The first-order valence-corrected chi connectivity index (χ1v) is 6.28. The molecule has 0 N–H and O–H groups in total. The lowest BCUT2D eigenvalue weighted by molar-refractivity contribution is -0.137. The molecule has 6 heteroatoms. The molecule has 1 aliphatic rings. The lowest BCUT2D eigenvalue weighted by Crippen LogP contribution is -2.22. The number of alkyl halides is 3. The molecule has 0 unspecified atom stereocenters. The third-order valence-electron chi connectivity index (χ3n) is 2.92. The van der Waals surface area contributed by atoms with Crippen molar-refractivity contribution in [2.24, 2.45) is 0 Å². The second kappa shape index (κ2) is 4.81. The molecule has 1 heterocycles. The van der Waals surface area contributed by atoms with Crippen molar-refractivity contribution in [3.8, 4) is 6.07 Å². The largest absolute Gasteiger partial charge is 0.418 e. The third kappa shape index (κ3) is 2.46. The average Bonchev–Trinajstić information content (AvgIpc) is 2.79. The molecular weight excluding hydrogens is 309 g/mol. The topological polar surface area (TPSA) is 27.0 Å². The molecule has 0 spiro atoms. The molecule has 96 valence electrons. The van der Waals surface area contributed by atoms with Crippen LogP contribution in [0.3, 0.4) is 0 Å². The molecule has 1 saturated heterocycles. The summed E-state index contributed by atoms with van der Waals surface area (Å²) in [7, 11) is 0. The predicted molar refractivity (Wildman–Crippen MR) is 65.3 cm³/mol. The first-order chi connectivity index (χ1) is 8.43. The molecule has 0 atom stereocenters. The fraction of sp³-hybridized carbons (Fsp3) is 0.417. The van der Waals surface area contributed by atoms with Crippen molar-refractivity contribution in [3.63, 3.8) is 0 Å². The summed E-state index contributed by atoms with van der Waals surface area (Å²) >= 11 is 3.15. The molecule has 2 nitrogen and oxygen atoms in total. The van der Waals surface area contributed by atoms with E-state index in [2.05, 4.69) is 15.9 Å². The van der Waals surface area contributed by atoms with Gasteiger partial charge in [0.15, 0.2) is 0 Å². The monoisotopic (exact) mass is 318 g/mol. The van der Waals surface area contributed by atoms with Crippen LogP contribution in [0.15, 0.2) is 16.6 Å². The minimum Gasteiger partial charge on any atom is -0.370 e. The van der Waals surface area contributed by atoms with Gasteiger partial charge in [-0.3, -0.25) is 0 Å². The average molecular weight is 319 g/mol. The summed E-state index contributed by atoms with van der Waals surface area (Å²) in [5.41, 5.74) is -0.577. The fourth-order valence-electron chi connectivity index (χ4n) is 2.14. The first-order valence-electron chi connectivity index (χ1n) is 5.49. The number of benzene rings is 1. The molecule has 1 aromatic rings. The van der Waals surface area contributed by atoms with Gasteiger partial charge < -0.3 is 4.90 Å². The van der Waals surface area contributed by atoms with Crippen LogP contribution in [-0.4, -0.2) is 13.1 Å². The van der Waals surface area contributed by atoms with Gasteiger partial charge in [0.25, 0.3) is 0 Å². The molecule has 2 rings (SSSR count). The van der Waals surface area contributed by atoms with Crippen molar-refractivity contribution in [2.75, 3.05) is 18.0 Å². The van der Waals surface area contributed by atoms with Crippen molar-refractivity contribution in [1.29, 1.82) is 5.26 Å². The molecule has 1 fully saturated rings. The SMILES string of the molecule is N#Cc1cc(Br)c(N2CCCC2)c(C(F)(F)F)c1. The fourth-order valence-corrected chi connectivity index (χ4v) is 2.85. The third-order valence-corrected chi connectivity index (χ3v) is 3.52. The number of nitrogens with zero attached hydrogens (tertiary/aromatic N) is 2. The Labute approximate surface area is 111 Å². The maximum Gasteiger partial charge on any atom is 0.418 e. The van der Waals surface area contributed by atoms with E-state index in [-0.39, 0.29) is 11.3 Å². The number of nitriles is 1.